The van der Waals surface area contributed by atoms with Gasteiger partial charge in [-0.1, -0.05) is 42.5 Å². The Morgan fingerprint density at radius 1 is 1.12 bits per heavy atom. The smallest absolute Gasteiger partial charge is 0.240 e. The average Bonchev–Trinajstić information content (AvgIpc) is 2.96. The van der Waals surface area contributed by atoms with Gasteiger partial charge in [0.1, 0.15) is 0 Å². The van der Waals surface area contributed by atoms with E-state index in [0.29, 0.717) is 24.4 Å². The van der Waals surface area contributed by atoms with Crippen LogP contribution in [0, 0.1) is 19.8 Å². The first-order chi connectivity index (χ1) is 12.3. The van der Waals surface area contributed by atoms with Gasteiger partial charge >= 0.3 is 0 Å². The van der Waals surface area contributed by atoms with Crippen LogP contribution in [0.3, 0.4) is 0 Å². The standard InChI is InChI=1S/C20H24N2O3S/c1-15-8-9-16(2)19(10-15)26(24,25)21-12-18-11-20(23)22(14-18)13-17-6-4-3-5-7-17/h3-10,18,21H,11-14H2,1-2H3. The Morgan fingerprint density at radius 3 is 2.58 bits per heavy atom. The summed E-state index contributed by atoms with van der Waals surface area (Å²) in [5.74, 6) is 0.0656. The number of hydrogen-bond donors (Lipinski definition) is 1. The molecular weight excluding hydrogens is 348 g/mol. The first-order valence-electron chi connectivity index (χ1n) is 8.74. The molecule has 2 aromatic carbocycles. The molecule has 2 aromatic rings. The highest BCUT2D eigenvalue weighted by Crippen LogP contribution is 2.21. The van der Waals surface area contributed by atoms with Crippen molar-refractivity contribution in [2.24, 2.45) is 5.92 Å². The third kappa shape index (κ3) is 4.31. The van der Waals surface area contributed by atoms with Gasteiger partial charge in [-0.15, -0.1) is 0 Å². The SMILES string of the molecule is Cc1ccc(C)c(S(=O)(=O)NCC2CC(=O)N(Cc3ccccc3)C2)c1. The van der Waals surface area contributed by atoms with Gasteiger partial charge in [0.15, 0.2) is 0 Å². The van der Waals surface area contributed by atoms with Crippen molar-refractivity contribution in [3.05, 3.63) is 65.2 Å². The van der Waals surface area contributed by atoms with E-state index in [2.05, 4.69) is 4.72 Å². The van der Waals surface area contributed by atoms with Crippen molar-refractivity contribution < 1.29 is 13.2 Å². The molecule has 1 amide bonds. The van der Waals surface area contributed by atoms with Crippen LogP contribution in [0.4, 0.5) is 0 Å². The van der Waals surface area contributed by atoms with Gasteiger partial charge in [0.25, 0.3) is 0 Å². The average molecular weight is 372 g/mol. The number of rotatable bonds is 6. The van der Waals surface area contributed by atoms with Crippen LogP contribution >= 0.6 is 0 Å². The van der Waals surface area contributed by atoms with Crippen molar-refractivity contribution in [3.8, 4) is 0 Å². The Morgan fingerprint density at radius 2 is 1.85 bits per heavy atom. The van der Waals surface area contributed by atoms with Crippen molar-refractivity contribution in [1.82, 2.24) is 9.62 Å². The Hall–Kier alpha value is -2.18. The number of sulfonamides is 1. The molecule has 0 aliphatic carbocycles. The monoisotopic (exact) mass is 372 g/mol. The highest BCUT2D eigenvalue weighted by molar-refractivity contribution is 7.89. The molecular formula is C20H24N2O3S. The summed E-state index contributed by atoms with van der Waals surface area (Å²) in [4.78, 5) is 14.3. The van der Waals surface area contributed by atoms with Crippen molar-refractivity contribution in [1.29, 1.82) is 0 Å². The second-order valence-electron chi connectivity index (χ2n) is 6.95. The number of carbonyl (C=O) groups is 1. The molecule has 1 saturated heterocycles. The van der Waals surface area contributed by atoms with E-state index < -0.39 is 10.0 Å². The van der Waals surface area contributed by atoms with Crippen LogP contribution in [-0.2, 0) is 21.4 Å². The summed E-state index contributed by atoms with van der Waals surface area (Å²) >= 11 is 0. The maximum Gasteiger partial charge on any atom is 0.240 e. The molecule has 1 aliphatic rings. The number of amides is 1. The fourth-order valence-electron chi connectivity index (χ4n) is 3.25. The quantitative estimate of drug-likeness (QED) is 0.848. The summed E-state index contributed by atoms with van der Waals surface area (Å²) < 4.78 is 27.9. The van der Waals surface area contributed by atoms with Gasteiger partial charge in [-0.3, -0.25) is 4.79 Å². The number of nitrogens with zero attached hydrogens (tertiary/aromatic N) is 1. The molecule has 0 bridgehead atoms. The van der Waals surface area contributed by atoms with Crippen molar-refractivity contribution >= 4 is 15.9 Å². The van der Waals surface area contributed by atoms with E-state index in [1.165, 1.54) is 0 Å². The van der Waals surface area contributed by atoms with Crippen molar-refractivity contribution in [3.63, 3.8) is 0 Å². The number of benzene rings is 2. The highest BCUT2D eigenvalue weighted by Gasteiger charge is 2.30. The van der Waals surface area contributed by atoms with Gasteiger partial charge in [0, 0.05) is 26.1 Å². The largest absolute Gasteiger partial charge is 0.338 e. The van der Waals surface area contributed by atoms with Crippen LogP contribution in [0.2, 0.25) is 0 Å². The molecule has 1 atom stereocenters. The van der Waals surface area contributed by atoms with Gasteiger partial charge in [-0.25, -0.2) is 13.1 Å². The van der Waals surface area contributed by atoms with E-state index in [1.807, 2.05) is 49.4 Å². The fourth-order valence-corrected chi connectivity index (χ4v) is 4.69. The predicted octanol–water partition coefficient (Wildman–Crippen LogP) is 2.63. The van der Waals surface area contributed by atoms with Gasteiger partial charge in [-0.05, 0) is 42.5 Å². The lowest BCUT2D eigenvalue weighted by Gasteiger charge is -2.17. The topological polar surface area (TPSA) is 66.5 Å². The molecule has 1 aliphatic heterocycles. The predicted molar refractivity (Wildman–Crippen MR) is 101 cm³/mol. The van der Waals surface area contributed by atoms with Crippen LogP contribution in [0.1, 0.15) is 23.1 Å². The summed E-state index contributed by atoms with van der Waals surface area (Å²) in [6.45, 7) is 5.07. The molecule has 138 valence electrons. The highest BCUT2D eigenvalue weighted by atomic mass is 32.2. The fraction of sp³-hybridized carbons (Fsp3) is 0.350. The lowest BCUT2D eigenvalue weighted by molar-refractivity contribution is -0.128. The number of likely N-dealkylation sites (tertiary alicyclic amines) is 1. The minimum absolute atomic E-state index is 0.00824. The molecule has 5 nitrogen and oxygen atoms in total. The zero-order valence-corrected chi connectivity index (χ0v) is 15.9. The molecule has 1 fully saturated rings. The molecule has 0 aromatic heterocycles. The van der Waals surface area contributed by atoms with Crippen LogP contribution in [0.5, 0.6) is 0 Å². The lowest BCUT2D eigenvalue weighted by atomic mass is 10.1. The Balaban J connectivity index is 1.61. The molecule has 1 unspecified atom stereocenters. The van der Waals surface area contributed by atoms with Crippen LogP contribution in [0.15, 0.2) is 53.4 Å². The summed E-state index contributed by atoms with van der Waals surface area (Å²) in [5, 5.41) is 0. The Labute approximate surface area is 155 Å². The van der Waals surface area contributed by atoms with E-state index in [0.717, 1.165) is 16.7 Å². The summed E-state index contributed by atoms with van der Waals surface area (Å²) in [6, 6.07) is 15.2. The summed E-state index contributed by atoms with van der Waals surface area (Å²) in [6.07, 6.45) is 0.377. The van der Waals surface area contributed by atoms with Crippen LogP contribution in [-0.4, -0.2) is 32.3 Å². The van der Waals surface area contributed by atoms with E-state index in [1.54, 1.807) is 17.9 Å². The third-order valence-electron chi connectivity index (χ3n) is 4.71. The minimum atomic E-state index is -3.57. The van der Waals surface area contributed by atoms with Crippen molar-refractivity contribution in [2.75, 3.05) is 13.1 Å². The van der Waals surface area contributed by atoms with Gasteiger partial charge < -0.3 is 4.90 Å². The number of aryl methyl sites for hydroxylation is 2. The summed E-state index contributed by atoms with van der Waals surface area (Å²) in [5.41, 5.74) is 2.70. The first-order valence-corrected chi connectivity index (χ1v) is 10.2. The Kier molecular flexibility index (Phi) is 5.44. The normalized spacial score (nSPS) is 17.7. The van der Waals surface area contributed by atoms with Crippen molar-refractivity contribution in [2.45, 2.75) is 31.7 Å². The molecule has 6 heteroatoms. The third-order valence-corrected chi connectivity index (χ3v) is 6.27. The van der Waals surface area contributed by atoms with E-state index in [4.69, 9.17) is 0 Å². The minimum Gasteiger partial charge on any atom is -0.338 e. The van der Waals surface area contributed by atoms with E-state index in [9.17, 15) is 13.2 Å². The number of carbonyl (C=O) groups excluding carboxylic acids is 1. The van der Waals surface area contributed by atoms with Gasteiger partial charge in [-0.2, -0.15) is 0 Å². The molecule has 1 N–H and O–H groups in total. The van der Waals surface area contributed by atoms with Crippen LogP contribution < -0.4 is 4.72 Å². The number of hydrogen-bond acceptors (Lipinski definition) is 3. The van der Waals surface area contributed by atoms with E-state index >= 15 is 0 Å². The zero-order chi connectivity index (χ0) is 18.7. The van der Waals surface area contributed by atoms with E-state index in [-0.39, 0.29) is 18.4 Å². The molecule has 1 heterocycles. The maximum atomic E-state index is 12.6. The van der Waals surface area contributed by atoms with Gasteiger partial charge in [0.05, 0.1) is 4.90 Å². The first kappa shape index (κ1) is 18.6. The Bertz CT molecular complexity index is 895. The second kappa shape index (κ2) is 7.60. The van der Waals surface area contributed by atoms with Gasteiger partial charge in [0.2, 0.25) is 15.9 Å². The zero-order valence-electron chi connectivity index (χ0n) is 15.1. The number of nitrogens with one attached hydrogen (secondary N) is 1. The lowest BCUT2D eigenvalue weighted by Crippen LogP contribution is -2.31. The maximum absolute atomic E-state index is 12.6. The molecule has 26 heavy (non-hydrogen) atoms. The summed E-state index contributed by atoms with van der Waals surface area (Å²) in [7, 11) is -3.57. The second-order valence-corrected chi connectivity index (χ2v) is 8.69. The molecule has 0 saturated carbocycles. The molecule has 0 spiro atoms. The molecule has 0 radical (unpaired) electrons. The molecule has 3 rings (SSSR count). The van der Waals surface area contributed by atoms with Crippen LogP contribution in [0.25, 0.3) is 0 Å².